The third kappa shape index (κ3) is 4.40. The number of urea groups is 1. The molecule has 1 saturated heterocycles. The van der Waals surface area contributed by atoms with Crippen LogP contribution in [-0.4, -0.2) is 27.8 Å². The smallest absolute Gasteiger partial charge is 0.318 e. The van der Waals surface area contributed by atoms with Gasteiger partial charge in [-0.05, 0) is 43.4 Å². The number of hydrogen-bond donors (Lipinski definition) is 1. The van der Waals surface area contributed by atoms with Gasteiger partial charge in [-0.15, -0.1) is 0 Å². The third-order valence-electron chi connectivity index (χ3n) is 3.77. The standard InChI is InChI=1S/C15H18Cl3FN2O/c1-10-5-6-11(9-12(10)19)13(15(16,17)18)20-14(22)21-7-3-2-4-8-21/h5-6,9,13H,2-4,7-8H2,1H3,(H,20,22)/t13-/m1/s1. The van der Waals surface area contributed by atoms with Crippen LogP contribution in [0.4, 0.5) is 9.18 Å². The third-order valence-corrected chi connectivity index (χ3v) is 4.42. The van der Waals surface area contributed by atoms with E-state index in [0.717, 1.165) is 19.3 Å². The summed E-state index contributed by atoms with van der Waals surface area (Å²) in [6.07, 6.45) is 3.04. The number of carbonyl (C=O) groups is 1. The van der Waals surface area contributed by atoms with E-state index in [1.165, 1.54) is 6.07 Å². The average molecular weight is 368 g/mol. The van der Waals surface area contributed by atoms with Crippen molar-refractivity contribution < 1.29 is 9.18 Å². The van der Waals surface area contributed by atoms with Gasteiger partial charge >= 0.3 is 6.03 Å². The Labute approximate surface area is 144 Å². The van der Waals surface area contributed by atoms with Crippen molar-refractivity contribution in [3.05, 3.63) is 35.1 Å². The maximum atomic E-state index is 13.8. The summed E-state index contributed by atoms with van der Waals surface area (Å²) in [5, 5.41) is 2.71. The van der Waals surface area contributed by atoms with Crippen LogP contribution in [0.5, 0.6) is 0 Å². The summed E-state index contributed by atoms with van der Waals surface area (Å²) in [5.74, 6) is -0.399. The molecule has 1 fully saturated rings. The minimum atomic E-state index is -1.77. The Hall–Kier alpha value is -0.710. The highest BCUT2D eigenvalue weighted by Crippen LogP contribution is 2.40. The van der Waals surface area contributed by atoms with Crippen LogP contribution in [0, 0.1) is 12.7 Å². The second kappa shape index (κ2) is 7.24. The molecule has 1 heterocycles. The van der Waals surface area contributed by atoms with Crippen molar-refractivity contribution in [1.29, 1.82) is 0 Å². The topological polar surface area (TPSA) is 32.3 Å². The van der Waals surface area contributed by atoms with Gasteiger partial charge in [-0.3, -0.25) is 0 Å². The molecule has 1 atom stereocenters. The summed E-state index contributed by atoms with van der Waals surface area (Å²) < 4.78 is 12.0. The maximum absolute atomic E-state index is 13.8. The van der Waals surface area contributed by atoms with E-state index in [0.29, 0.717) is 24.2 Å². The molecular weight excluding hydrogens is 350 g/mol. The number of benzene rings is 1. The number of carbonyl (C=O) groups excluding carboxylic acids is 1. The van der Waals surface area contributed by atoms with Crippen LogP contribution in [0.15, 0.2) is 18.2 Å². The van der Waals surface area contributed by atoms with E-state index >= 15 is 0 Å². The van der Waals surface area contributed by atoms with E-state index in [2.05, 4.69) is 5.32 Å². The number of alkyl halides is 3. The van der Waals surface area contributed by atoms with Crippen molar-refractivity contribution in [2.75, 3.05) is 13.1 Å². The molecule has 1 aliphatic rings. The summed E-state index contributed by atoms with van der Waals surface area (Å²) in [7, 11) is 0. The van der Waals surface area contributed by atoms with Crippen molar-refractivity contribution in [2.45, 2.75) is 36.0 Å². The van der Waals surface area contributed by atoms with Crippen LogP contribution in [0.1, 0.15) is 36.4 Å². The van der Waals surface area contributed by atoms with Gasteiger partial charge in [0.15, 0.2) is 0 Å². The lowest BCUT2D eigenvalue weighted by molar-refractivity contribution is 0.182. The van der Waals surface area contributed by atoms with Crippen LogP contribution in [0.3, 0.4) is 0 Å². The van der Waals surface area contributed by atoms with Crippen molar-refractivity contribution in [3.63, 3.8) is 0 Å². The lowest BCUT2D eigenvalue weighted by Gasteiger charge is -2.32. The van der Waals surface area contributed by atoms with Gasteiger partial charge in [-0.1, -0.05) is 46.9 Å². The highest BCUT2D eigenvalue weighted by molar-refractivity contribution is 6.68. The zero-order valence-corrected chi connectivity index (χ0v) is 14.5. The molecule has 22 heavy (non-hydrogen) atoms. The molecule has 0 spiro atoms. The number of rotatable bonds is 2. The first-order valence-corrected chi connectivity index (χ1v) is 8.30. The van der Waals surface area contributed by atoms with E-state index in [4.69, 9.17) is 34.8 Å². The SMILES string of the molecule is Cc1ccc([C@@H](NC(=O)N2CCCCC2)C(Cl)(Cl)Cl)cc1F. The Balaban J connectivity index is 2.19. The molecule has 0 unspecified atom stereocenters. The Morgan fingerprint density at radius 3 is 2.45 bits per heavy atom. The van der Waals surface area contributed by atoms with Gasteiger partial charge in [-0.25, -0.2) is 9.18 Å². The van der Waals surface area contributed by atoms with Gasteiger partial charge in [0.2, 0.25) is 3.79 Å². The summed E-state index contributed by atoms with van der Waals surface area (Å²) in [4.78, 5) is 14.0. The first-order chi connectivity index (χ1) is 10.3. The largest absolute Gasteiger partial charge is 0.327 e. The number of halogens is 4. The van der Waals surface area contributed by atoms with Gasteiger partial charge in [0.05, 0.1) is 0 Å². The predicted octanol–water partition coefficient (Wildman–Crippen LogP) is 4.74. The number of amides is 2. The van der Waals surface area contributed by atoms with Gasteiger partial charge in [0, 0.05) is 13.1 Å². The highest BCUT2D eigenvalue weighted by Gasteiger charge is 2.36. The number of likely N-dealkylation sites (tertiary alicyclic amines) is 1. The normalized spacial score (nSPS) is 17.2. The molecular formula is C15H18Cl3FN2O. The molecule has 0 aromatic heterocycles. The van der Waals surface area contributed by atoms with Crippen LogP contribution >= 0.6 is 34.8 Å². The monoisotopic (exact) mass is 366 g/mol. The first kappa shape index (κ1) is 17.6. The first-order valence-electron chi connectivity index (χ1n) is 7.17. The highest BCUT2D eigenvalue weighted by atomic mass is 35.6. The second-order valence-corrected chi connectivity index (χ2v) is 7.85. The maximum Gasteiger partial charge on any atom is 0.318 e. The lowest BCUT2D eigenvalue weighted by Crippen LogP contribution is -2.46. The summed E-state index contributed by atoms with van der Waals surface area (Å²) in [5.41, 5.74) is 0.919. The molecule has 1 aliphatic heterocycles. The second-order valence-electron chi connectivity index (χ2n) is 5.48. The number of piperidine rings is 1. The fourth-order valence-electron chi connectivity index (χ4n) is 2.45. The molecule has 1 N–H and O–H groups in total. The van der Waals surface area contributed by atoms with Gasteiger partial charge in [0.1, 0.15) is 11.9 Å². The Morgan fingerprint density at radius 1 is 1.27 bits per heavy atom. The molecule has 1 aromatic rings. The zero-order valence-electron chi connectivity index (χ0n) is 12.2. The minimum absolute atomic E-state index is 0.294. The van der Waals surface area contributed by atoms with Crippen LogP contribution in [0.25, 0.3) is 0 Å². The Morgan fingerprint density at radius 2 is 1.91 bits per heavy atom. The summed E-state index contributed by atoms with van der Waals surface area (Å²) in [6, 6.07) is 3.33. The number of nitrogens with one attached hydrogen (secondary N) is 1. The van der Waals surface area contributed by atoms with E-state index in [-0.39, 0.29) is 6.03 Å². The van der Waals surface area contributed by atoms with Crippen molar-refractivity contribution in [2.24, 2.45) is 0 Å². The summed E-state index contributed by atoms with van der Waals surface area (Å²) in [6.45, 7) is 3.01. The zero-order chi connectivity index (χ0) is 16.3. The summed E-state index contributed by atoms with van der Waals surface area (Å²) >= 11 is 18.0. The van der Waals surface area contributed by atoms with Crippen molar-refractivity contribution in [1.82, 2.24) is 10.2 Å². The molecule has 0 radical (unpaired) electrons. The quantitative estimate of drug-likeness (QED) is 0.752. The molecule has 1 aromatic carbocycles. The van der Waals surface area contributed by atoms with E-state index < -0.39 is 15.7 Å². The van der Waals surface area contributed by atoms with Gasteiger partial charge in [0.25, 0.3) is 0 Å². The predicted molar refractivity (Wildman–Crippen MR) is 88.1 cm³/mol. The molecule has 122 valence electrons. The molecule has 0 aliphatic carbocycles. The molecule has 3 nitrogen and oxygen atoms in total. The lowest BCUT2D eigenvalue weighted by atomic mass is 10.1. The Bertz CT molecular complexity index is 542. The number of aryl methyl sites for hydroxylation is 1. The van der Waals surface area contributed by atoms with E-state index in [1.807, 2.05) is 0 Å². The van der Waals surface area contributed by atoms with Crippen molar-refractivity contribution >= 4 is 40.8 Å². The molecule has 0 bridgehead atoms. The fourth-order valence-corrected chi connectivity index (χ4v) is 3.00. The molecule has 7 heteroatoms. The van der Waals surface area contributed by atoms with Gasteiger partial charge < -0.3 is 10.2 Å². The van der Waals surface area contributed by atoms with Crippen LogP contribution in [0.2, 0.25) is 0 Å². The average Bonchev–Trinajstić information content (AvgIpc) is 2.47. The van der Waals surface area contributed by atoms with Crippen molar-refractivity contribution in [3.8, 4) is 0 Å². The van der Waals surface area contributed by atoms with Crippen LogP contribution < -0.4 is 5.32 Å². The number of hydrogen-bond acceptors (Lipinski definition) is 1. The molecule has 0 saturated carbocycles. The van der Waals surface area contributed by atoms with E-state index in [1.54, 1.807) is 24.0 Å². The molecule has 2 amide bonds. The number of nitrogens with zero attached hydrogens (tertiary/aromatic N) is 1. The minimum Gasteiger partial charge on any atom is -0.327 e. The Kier molecular flexibility index (Phi) is 5.81. The van der Waals surface area contributed by atoms with E-state index in [9.17, 15) is 9.18 Å². The van der Waals surface area contributed by atoms with Crippen LogP contribution in [-0.2, 0) is 0 Å². The fraction of sp³-hybridized carbons (Fsp3) is 0.533. The van der Waals surface area contributed by atoms with Gasteiger partial charge in [-0.2, -0.15) is 0 Å². The molecule has 2 rings (SSSR count).